The van der Waals surface area contributed by atoms with Gasteiger partial charge in [-0.15, -0.1) is 0 Å². The molecule has 0 aliphatic carbocycles. The van der Waals surface area contributed by atoms with E-state index in [-0.39, 0.29) is 6.61 Å². The van der Waals surface area contributed by atoms with Crippen molar-refractivity contribution in [1.29, 1.82) is 0 Å². The molecular weight excluding hydrogens is 304 g/mol. The van der Waals surface area contributed by atoms with E-state index in [2.05, 4.69) is 0 Å². The molecule has 1 saturated heterocycles. The summed E-state index contributed by atoms with van der Waals surface area (Å²) in [6.07, 6.45) is -0.619. The van der Waals surface area contributed by atoms with Crippen LogP contribution in [-0.2, 0) is 23.8 Å². The van der Waals surface area contributed by atoms with Crippen LogP contribution in [-0.4, -0.2) is 47.0 Å². The molecule has 1 aromatic rings. The molecule has 3 atom stereocenters. The number of rotatable bonds is 5. The minimum absolute atomic E-state index is 0.0887. The van der Waals surface area contributed by atoms with Crippen molar-refractivity contribution in [2.75, 3.05) is 35.0 Å². The molecule has 126 valence electrons. The standard InChI is InChI=1S/C16H20O7/c1-19-11-6-5-9(7-12(11)20-2)14-13(16(18)22-4)10(8-23-14)15(17)21-3/h5-7,10,13-14H,8H2,1-4H3/t10-,13-,14-/m1/s1. The molecule has 1 fully saturated rings. The Balaban J connectivity index is 2.37. The monoisotopic (exact) mass is 324 g/mol. The smallest absolute Gasteiger partial charge is 0.312 e. The van der Waals surface area contributed by atoms with Gasteiger partial charge in [-0.3, -0.25) is 9.59 Å². The Bertz CT molecular complexity index is 584. The van der Waals surface area contributed by atoms with Crippen LogP contribution in [0.2, 0.25) is 0 Å². The van der Waals surface area contributed by atoms with Gasteiger partial charge in [-0.05, 0) is 17.7 Å². The SMILES string of the molecule is COC(=O)[C@H]1[C@@H](c2ccc(OC)c(OC)c2)OC[C@H]1C(=O)OC. The quantitative estimate of drug-likeness (QED) is 0.756. The molecule has 7 heteroatoms. The second-order valence-corrected chi connectivity index (χ2v) is 5.05. The molecule has 1 heterocycles. The van der Waals surface area contributed by atoms with Crippen molar-refractivity contribution in [2.24, 2.45) is 11.8 Å². The summed E-state index contributed by atoms with van der Waals surface area (Å²) in [5, 5.41) is 0. The molecule has 0 amide bonds. The van der Waals surface area contributed by atoms with E-state index in [0.29, 0.717) is 17.1 Å². The first-order valence-corrected chi connectivity index (χ1v) is 7.06. The Hall–Kier alpha value is -2.28. The average molecular weight is 324 g/mol. The van der Waals surface area contributed by atoms with Gasteiger partial charge in [0.1, 0.15) is 5.92 Å². The van der Waals surface area contributed by atoms with Gasteiger partial charge in [-0.1, -0.05) is 6.07 Å². The van der Waals surface area contributed by atoms with E-state index in [0.717, 1.165) is 0 Å². The van der Waals surface area contributed by atoms with Crippen molar-refractivity contribution in [3.05, 3.63) is 23.8 Å². The molecule has 0 unspecified atom stereocenters. The Morgan fingerprint density at radius 3 is 2.22 bits per heavy atom. The highest BCUT2D eigenvalue weighted by Gasteiger charge is 2.48. The fourth-order valence-electron chi connectivity index (χ4n) is 2.75. The van der Waals surface area contributed by atoms with E-state index in [1.165, 1.54) is 28.4 Å². The van der Waals surface area contributed by atoms with Crippen LogP contribution < -0.4 is 9.47 Å². The summed E-state index contributed by atoms with van der Waals surface area (Å²) in [7, 11) is 5.61. The molecule has 1 aromatic carbocycles. The van der Waals surface area contributed by atoms with Crippen molar-refractivity contribution in [3.63, 3.8) is 0 Å². The summed E-state index contributed by atoms with van der Waals surface area (Å²) in [6, 6.07) is 5.21. The summed E-state index contributed by atoms with van der Waals surface area (Å²) in [5.74, 6) is -1.41. The van der Waals surface area contributed by atoms with Gasteiger partial charge >= 0.3 is 11.9 Å². The predicted octanol–water partition coefficient (Wildman–Crippen LogP) is 1.35. The zero-order valence-electron chi connectivity index (χ0n) is 13.5. The van der Waals surface area contributed by atoms with E-state index in [1.54, 1.807) is 18.2 Å². The molecule has 2 rings (SSSR count). The van der Waals surface area contributed by atoms with E-state index < -0.39 is 29.9 Å². The highest BCUT2D eigenvalue weighted by atomic mass is 16.5. The summed E-state index contributed by atoms with van der Waals surface area (Å²) in [4.78, 5) is 24.0. The van der Waals surface area contributed by atoms with Crippen LogP contribution in [0.3, 0.4) is 0 Å². The summed E-state index contributed by atoms with van der Waals surface area (Å²) in [5.41, 5.74) is 0.699. The fourth-order valence-corrected chi connectivity index (χ4v) is 2.75. The van der Waals surface area contributed by atoms with Gasteiger partial charge in [0.15, 0.2) is 11.5 Å². The molecular formula is C16H20O7. The molecule has 23 heavy (non-hydrogen) atoms. The highest BCUT2D eigenvalue weighted by molar-refractivity contribution is 5.83. The molecule has 0 aromatic heterocycles. The van der Waals surface area contributed by atoms with Crippen molar-refractivity contribution in [1.82, 2.24) is 0 Å². The number of methoxy groups -OCH3 is 4. The lowest BCUT2D eigenvalue weighted by Gasteiger charge is -2.20. The number of hydrogen-bond donors (Lipinski definition) is 0. The Kier molecular flexibility index (Phi) is 5.44. The van der Waals surface area contributed by atoms with E-state index in [4.69, 9.17) is 23.7 Å². The topological polar surface area (TPSA) is 80.3 Å². The van der Waals surface area contributed by atoms with Gasteiger partial charge in [-0.2, -0.15) is 0 Å². The Labute approximate surface area is 134 Å². The van der Waals surface area contributed by atoms with Crippen LogP contribution in [0.25, 0.3) is 0 Å². The van der Waals surface area contributed by atoms with Crippen LogP contribution in [0.15, 0.2) is 18.2 Å². The second-order valence-electron chi connectivity index (χ2n) is 5.05. The van der Waals surface area contributed by atoms with Crippen LogP contribution in [0, 0.1) is 11.8 Å². The maximum atomic E-state index is 12.1. The highest BCUT2D eigenvalue weighted by Crippen LogP contribution is 2.42. The average Bonchev–Trinajstić information content (AvgIpc) is 3.04. The number of benzene rings is 1. The number of ether oxygens (including phenoxy) is 5. The molecule has 0 saturated carbocycles. The van der Waals surface area contributed by atoms with Crippen molar-refractivity contribution in [2.45, 2.75) is 6.10 Å². The van der Waals surface area contributed by atoms with Gasteiger partial charge in [0.2, 0.25) is 0 Å². The first kappa shape index (κ1) is 17.1. The summed E-state index contributed by atoms with van der Waals surface area (Å²) in [6.45, 7) is 0.0887. The first-order valence-electron chi connectivity index (χ1n) is 7.06. The van der Waals surface area contributed by atoms with Gasteiger partial charge in [0.25, 0.3) is 0 Å². The van der Waals surface area contributed by atoms with Crippen molar-refractivity contribution in [3.8, 4) is 11.5 Å². The molecule has 7 nitrogen and oxygen atoms in total. The lowest BCUT2D eigenvalue weighted by Crippen LogP contribution is -2.31. The molecule has 0 radical (unpaired) electrons. The number of hydrogen-bond acceptors (Lipinski definition) is 7. The van der Waals surface area contributed by atoms with E-state index in [1.807, 2.05) is 0 Å². The maximum absolute atomic E-state index is 12.1. The van der Waals surface area contributed by atoms with Crippen molar-refractivity contribution < 1.29 is 33.3 Å². The van der Waals surface area contributed by atoms with Gasteiger partial charge in [0, 0.05) is 0 Å². The Morgan fingerprint density at radius 2 is 1.65 bits per heavy atom. The van der Waals surface area contributed by atoms with Crippen LogP contribution in [0.1, 0.15) is 11.7 Å². The molecule has 1 aliphatic heterocycles. The zero-order valence-corrected chi connectivity index (χ0v) is 13.5. The Morgan fingerprint density at radius 1 is 1.00 bits per heavy atom. The van der Waals surface area contributed by atoms with Crippen LogP contribution >= 0.6 is 0 Å². The molecule has 1 aliphatic rings. The maximum Gasteiger partial charge on any atom is 0.312 e. The van der Waals surface area contributed by atoms with Crippen molar-refractivity contribution >= 4 is 11.9 Å². The number of esters is 2. The summed E-state index contributed by atoms with van der Waals surface area (Å²) < 4.78 is 25.7. The molecule has 0 spiro atoms. The molecule has 0 bridgehead atoms. The lowest BCUT2D eigenvalue weighted by atomic mass is 9.87. The predicted molar refractivity (Wildman–Crippen MR) is 79.3 cm³/mol. The van der Waals surface area contributed by atoms with E-state index in [9.17, 15) is 9.59 Å². The third-order valence-corrected chi connectivity index (χ3v) is 3.93. The van der Waals surface area contributed by atoms with Crippen LogP contribution in [0.4, 0.5) is 0 Å². The first-order chi connectivity index (χ1) is 11.1. The zero-order chi connectivity index (χ0) is 17.0. The van der Waals surface area contributed by atoms with E-state index >= 15 is 0 Å². The second kappa shape index (κ2) is 7.32. The number of carbonyl (C=O) groups excluding carboxylic acids is 2. The third-order valence-electron chi connectivity index (χ3n) is 3.93. The minimum atomic E-state index is -0.773. The fraction of sp³-hybridized carbons (Fsp3) is 0.500. The van der Waals surface area contributed by atoms with Gasteiger partial charge in [-0.25, -0.2) is 0 Å². The summed E-state index contributed by atoms with van der Waals surface area (Å²) >= 11 is 0. The normalized spacial score (nSPS) is 23.2. The lowest BCUT2D eigenvalue weighted by molar-refractivity contribution is -0.156. The molecule has 0 N–H and O–H groups in total. The third kappa shape index (κ3) is 3.24. The van der Waals surface area contributed by atoms with Gasteiger partial charge < -0.3 is 23.7 Å². The largest absolute Gasteiger partial charge is 0.493 e. The van der Waals surface area contributed by atoms with Crippen LogP contribution in [0.5, 0.6) is 11.5 Å². The minimum Gasteiger partial charge on any atom is -0.493 e. The number of carbonyl (C=O) groups is 2. The van der Waals surface area contributed by atoms with Gasteiger partial charge in [0.05, 0.1) is 47.1 Å².